The molecule has 4 atom stereocenters. The average molecular weight is 248 g/mol. The van der Waals surface area contributed by atoms with Crippen molar-refractivity contribution in [1.29, 1.82) is 0 Å². The Morgan fingerprint density at radius 2 is 2.00 bits per heavy atom. The van der Waals surface area contributed by atoms with Crippen LogP contribution in [0.5, 0.6) is 0 Å². The van der Waals surface area contributed by atoms with E-state index in [9.17, 15) is 10.2 Å². The van der Waals surface area contributed by atoms with E-state index in [-0.39, 0.29) is 18.1 Å². The van der Waals surface area contributed by atoms with Crippen LogP contribution in [0.15, 0.2) is 12.1 Å². The van der Waals surface area contributed by atoms with E-state index in [4.69, 9.17) is 0 Å². The third-order valence-electron chi connectivity index (χ3n) is 4.24. The summed E-state index contributed by atoms with van der Waals surface area (Å²) in [6, 6.07) is 4.43. The van der Waals surface area contributed by atoms with Gasteiger partial charge in [0.1, 0.15) is 0 Å². The van der Waals surface area contributed by atoms with Crippen molar-refractivity contribution in [2.45, 2.75) is 58.7 Å². The fraction of sp³-hybridized carbons (Fsp3) is 0.625. The van der Waals surface area contributed by atoms with Gasteiger partial charge in [-0.05, 0) is 54.9 Å². The van der Waals surface area contributed by atoms with Crippen molar-refractivity contribution >= 4 is 0 Å². The number of hydrogen-bond acceptors (Lipinski definition) is 2. The minimum absolute atomic E-state index is 0.192. The zero-order chi connectivity index (χ0) is 13.4. The smallest absolute Gasteiger partial charge is 0.0634 e. The van der Waals surface area contributed by atoms with Gasteiger partial charge in [0.2, 0.25) is 0 Å². The third-order valence-corrected chi connectivity index (χ3v) is 4.24. The second-order valence-corrected chi connectivity index (χ2v) is 5.99. The third kappa shape index (κ3) is 2.45. The summed E-state index contributed by atoms with van der Waals surface area (Å²) in [6.07, 6.45) is 1.08. The zero-order valence-electron chi connectivity index (χ0n) is 11.8. The Morgan fingerprint density at radius 1 is 1.33 bits per heavy atom. The molecule has 0 amide bonds. The van der Waals surface area contributed by atoms with E-state index in [0.29, 0.717) is 12.3 Å². The molecule has 18 heavy (non-hydrogen) atoms. The quantitative estimate of drug-likeness (QED) is 0.844. The number of rotatable bonds is 2. The summed E-state index contributed by atoms with van der Waals surface area (Å²) < 4.78 is 0. The van der Waals surface area contributed by atoms with Gasteiger partial charge in [0, 0.05) is 5.92 Å². The second-order valence-electron chi connectivity index (χ2n) is 5.99. The summed E-state index contributed by atoms with van der Waals surface area (Å²) in [7, 11) is 0. The summed E-state index contributed by atoms with van der Waals surface area (Å²) >= 11 is 0. The highest BCUT2D eigenvalue weighted by Crippen LogP contribution is 2.36. The van der Waals surface area contributed by atoms with Crippen LogP contribution >= 0.6 is 0 Å². The van der Waals surface area contributed by atoms with E-state index >= 15 is 0 Å². The maximum Gasteiger partial charge on any atom is 0.0634 e. The molecule has 0 aliphatic heterocycles. The summed E-state index contributed by atoms with van der Waals surface area (Å²) in [5, 5.41) is 19.7. The predicted molar refractivity (Wildman–Crippen MR) is 73.9 cm³/mol. The van der Waals surface area contributed by atoms with Gasteiger partial charge in [-0.1, -0.05) is 26.0 Å². The van der Waals surface area contributed by atoms with Crippen molar-refractivity contribution in [2.75, 3.05) is 0 Å². The largest absolute Gasteiger partial charge is 0.393 e. The number of aliphatic hydroxyl groups excluding tert-OH is 2. The zero-order valence-corrected chi connectivity index (χ0v) is 11.8. The van der Waals surface area contributed by atoms with E-state index < -0.39 is 0 Å². The van der Waals surface area contributed by atoms with Crippen LogP contribution in [0.25, 0.3) is 0 Å². The summed E-state index contributed by atoms with van der Waals surface area (Å²) in [6.45, 7) is 8.14. The first-order valence-corrected chi connectivity index (χ1v) is 6.88. The van der Waals surface area contributed by atoms with Gasteiger partial charge in [-0.25, -0.2) is 0 Å². The van der Waals surface area contributed by atoms with Gasteiger partial charge < -0.3 is 10.2 Å². The highest BCUT2D eigenvalue weighted by Gasteiger charge is 2.30. The van der Waals surface area contributed by atoms with E-state index in [1.54, 1.807) is 0 Å². The van der Waals surface area contributed by atoms with E-state index in [1.807, 2.05) is 6.92 Å². The van der Waals surface area contributed by atoms with Crippen molar-refractivity contribution in [1.82, 2.24) is 0 Å². The van der Waals surface area contributed by atoms with Crippen molar-refractivity contribution in [3.63, 3.8) is 0 Å². The van der Waals surface area contributed by atoms with Crippen LogP contribution in [0, 0.1) is 12.8 Å². The Labute approximate surface area is 110 Å². The molecule has 2 N–H and O–H groups in total. The molecule has 0 fully saturated rings. The maximum atomic E-state index is 10.2. The van der Waals surface area contributed by atoms with Crippen molar-refractivity contribution in [3.8, 4) is 0 Å². The topological polar surface area (TPSA) is 40.5 Å². The lowest BCUT2D eigenvalue weighted by Crippen LogP contribution is -2.31. The first-order chi connectivity index (χ1) is 8.40. The Hall–Kier alpha value is -0.860. The lowest BCUT2D eigenvalue weighted by atomic mass is 9.75. The van der Waals surface area contributed by atoms with Crippen molar-refractivity contribution in [2.24, 2.45) is 5.92 Å². The minimum Gasteiger partial charge on any atom is -0.393 e. The molecule has 2 rings (SSSR count). The highest BCUT2D eigenvalue weighted by molar-refractivity contribution is 5.42. The van der Waals surface area contributed by atoms with Gasteiger partial charge in [-0.3, -0.25) is 0 Å². The standard InChI is InChI=1S/C16H24O2/c1-9-5-14-6-10(2)16(18)12(4)15(14)8-13(9)7-11(3)17/h5,8,10-12,16-18H,6-7H2,1-4H3/t10-,11+,12-,16-/m1/s1. The Bertz CT molecular complexity index is 437. The van der Waals surface area contributed by atoms with E-state index in [1.165, 1.54) is 22.3 Å². The number of fused-ring (bicyclic) bond motifs is 1. The molecule has 1 aliphatic rings. The highest BCUT2D eigenvalue weighted by atomic mass is 16.3. The summed E-state index contributed by atoms with van der Waals surface area (Å²) in [4.78, 5) is 0. The molecule has 0 unspecified atom stereocenters. The molecular weight excluding hydrogens is 224 g/mol. The predicted octanol–water partition coefficient (Wildman–Crippen LogP) is 2.57. The summed E-state index contributed by atoms with van der Waals surface area (Å²) in [5.41, 5.74) is 5.09. The molecular formula is C16H24O2. The van der Waals surface area contributed by atoms with Crippen molar-refractivity contribution in [3.05, 3.63) is 34.4 Å². The maximum absolute atomic E-state index is 10.2. The number of aliphatic hydroxyl groups is 2. The molecule has 0 heterocycles. The van der Waals surface area contributed by atoms with Crippen LogP contribution in [-0.4, -0.2) is 22.4 Å². The van der Waals surface area contributed by atoms with E-state index in [2.05, 4.69) is 32.9 Å². The molecule has 0 saturated carbocycles. The van der Waals surface area contributed by atoms with Crippen LogP contribution in [0.2, 0.25) is 0 Å². The molecule has 1 aromatic carbocycles. The Balaban J connectivity index is 2.41. The first-order valence-electron chi connectivity index (χ1n) is 6.88. The van der Waals surface area contributed by atoms with Crippen LogP contribution in [0.3, 0.4) is 0 Å². The Kier molecular flexibility index (Phi) is 3.79. The van der Waals surface area contributed by atoms with Crippen LogP contribution in [0.4, 0.5) is 0 Å². The molecule has 0 aromatic heterocycles. The van der Waals surface area contributed by atoms with Crippen LogP contribution in [-0.2, 0) is 12.8 Å². The number of hydrogen-bond donors (Lipinski definition) is 2. The molecule has 0 spiro atoms. The molecule has 1 aliphatic carbocycles. The molecule has 100 valence electrons. The van der Waals surface area contributed by atoms with Gasteiger partial charge in [0.15, 0.2) is 0 Å². The molecule has 2 heteroatoms. The van der Waals surface area contributed by atoms with Gasteiger partial charge in [0.05, 0.1) is 12.2 Å². The SMILES string of the molecule is Cc1cc2c(cc1C[C@H](C)O)[C@@H](C)[C@H](O)[C@H](C)C2. The van der Waals surface area contributed by atoms with Gasteiger partial charge in [-0.2, -0.15) is 0 Å². The van der Waals surface area contributed by atoms with Gasteiger partial charge in [-0.15, -0.1) is 0 Å². The average Bonchev–Trinajstić information content (AvgIpc) is 2.28. The van der Waals surface area contributed by atoms with Crippen molar-refractivity contribution < 1.29 is 10.2 Å². The molecule has 1 aromatic rings. The lowest BCUT2D eigenvalue weighted by Gasteiger charge is -2.33. The molecule has 0 radical (unpaired) electrons. The normalized spacial score (nSPS) is 28.9. The fourth-order valence-electron chi connectivity index (χ4n) is 3.11. The van der Waals surface area contributed by atoms with Crippen LogP contribution in [0.1, 0.15) is 48.9 Å². The fourth-order valence-corrected chi connectivity index (χ4v) is 3.11. The first kappa shape index (κ1) is 13.6. The second kappa shape index (κ2) is 5.02. The van der Waals surface area contributed by atoms with Gasteiger partial charge in [0.25, 0.3) is 0 Å². The molecule has 0 bridgehead atoms. The number of aryl methyl sites for hydroxylation is 1. The van der Waals surface area contributed by atoms with Gasteiger partial charge >= 0.3 is 0 Å². The molecule has 2 nitrogen and oxygen atoms in total. The minimum atomic E-state index is -0.315. The van der Waals surface area contributed by atoms with Crippen LogP contribution < -0.4 is 0 Å². The lowest BCUT2D eigenvalue weighted by molar-refractivity contribution is 0.0851. The summed E-state index contributed by atoms with van der Waals surface area (Å²) in [5.74, 6) is 0.520. The monoisotopic (exact) mass is 248 g/mol. The number of benzene rings is 1. The van der Waals surface area contributed by atoms with E-state index in [0.717, 1.165) is 6.42 Å². The molecule has 0 saturated heterocycles. The Morgan fingerprint density at radius 3 is 2.61 bits per heavy atom.